The predicted octanol–water partition coefficient (Wildman–Crippen LogP) is 1.27. The summed E-state index contributed by atoms with van der Waals surface area (Å²) in [5.41, 5.74) is 9.69. The number of piperidine rings is 1. The molecule has 2 bridgehead atoms. The van der Waals surface area contributed by atoms with Gasteiger partial charge in [-0.2, -0.15) is 9.61 Å². The van der Waals surface area contributed by atoms with Crippen LogP contribution in [-0.2, 0) is 0 Å². The number of aliphatic hydroxyl groups excluding tert-OH is 2. The number of ketones is 1. The Balaban J connectivity index is 1.38. The summed E-state index contributed by atoms with van der Waals surface area (Å²) in [7, 11) is 0. The van der Waals surface area contributed by atoms with E-state index in [1.807, 2.05) is 4.90 Å². The normalized spacial score (nSPS) is 21.7. The number of aliphatic hydroxyl groups is 2. The summed E-state index contributed by atoms with van der Waals surface area (Å²) < 4.78 is 1.46. The molecule has 4 aromatic rings. The largest absolute Gasteiger partial charge is 0.393 e. The molecule has 0 spiro atoms. The number of aromatic nitrogens is 7. The zero-order valence-corrected chi connectivity index (χ0v) is 20.7. The third-order valence-electron chi connectivity index (χ3n) is 7.65. The summed E-state index contributed by atoms with van der Waals surface area (Å²) in [6.07, 6.45) is 6.56. The number of nitrogens with two attached hydrogens (primary N) is 1. The Bertz CT molecular complexity index is 1500. The lowest BCUT2D eigenvalue weighted by Crippen LogP contribution is -2.46. The van der Waals surface area contributed by atoms with Crippen LogP contribution in [0.4, 0.5) is 5.82 Å². The zero-order chi connectivity index (χ0) is 26.6. The lowest BCUT2D eigenvalue weighted by Gasteiger charge is -2.38. The molecule has 2 fully saturated rings. The van der Waals surface area contributed by atoms with Crippen molar-refractivity contribution >= 4 is 23.2 Å². The van der Waals surface area contributed by atoms with Crippen LogP contribution in [0.3, 0.4) is 0 Å². The number of anilines is 1. The van der Waals surface area contributed by atoms with Gasteiger partial charge in [-0.05, 0) is 38.7 Å². The number of hydrogen-bond acceptors (Lipinski definition) is 10. The Kier molecular flexibility index (Phi) is 5.88. The van der Waals surface area contributed by atoms with E-state index in [0.29, 0.717) is 46.6 Å². The van der Waals surface area contributed by atoms with Gasteiger partial charge in [-0.15, -0.1) is 10.2 Å². The van der Waals surface area contributed by atoms with E-state index >= 15 is 0 Å². The van der Waals surface area contributed by atoms with Crippen molar-refractivity contribution in [3.63, 3.8) is 0 Å². The molecule has 6 heterocycles. The molecule has 196 valence electrons. The third kappa shape index (κ3) is 3.82. The number of hydrogen-bond donors (Lipinski definition) is 4. The van der Waals surface area contributed by atoms with Gasteiger partial charge in [0.2, 0.25) is 5.82 Å². The van der Waals surface area contributed by atoms with Crippen molar-refractivity contribution in [1.82, 2.24) is 39.7 Å². The molecule has 13 nitrogen and oxygen atoms in total. The minimum atomic E-state index is -1.07. The molecule has 5 N–H and O–H groups in total. The zero-order valence-electron chi connectivity index (χ0n) is 20.7. The number of aromatic amines is 1. The highest BCUT2D eigenvalue weighted by atomic mass is 16.3. The molecule has 2 aliphatic rings. The van der Waals surface area contributed by atoms with Crippen molar-refractivity contribution in [3.05, 3.63) is 53.6 Å². The minimum absolute atomic E-state index is 0.00510. The second kappa shape index (κ2) is 9.26. The van der Waals surface area contributed by atoms with Crippen LogP contribution in [0.5, 0.6) is 0 Å². The molecule has 0 radical (unpaired) electrons. The second-order valence-electron chi connectivity index (χ2n) is 9.88. The number of nitrogens with one attached hydrogen (secondary N) is 1. The highest BCUT2D eigenvalue weighted by Gasteiger charge is 2.45. The van der Waals surface area contributed by atoms with Gasteiger partial charge in [-0.1, -0.05) is 6.07 Å². The van der Waals surface area contributed by atoms with E-state index in [9.17, 15) is 19.8 Å². The number of nitrogen functional groups attached to an aromatic ring is 1. The summed E-state index contributed by atoms with van der Waals surface area (Å²) in [6, 6.07) is 3.39. The minimum Gasteiger partial charge on any atom is -0.393 e. The van der Waals surface area contributed by atoms with Gasteiger partial charge in [0.25, 0.3) is 5.91 Å². The van der Waals surface area contributed by atoms with E-state index in [2.05, 4.69) is 25.3 Å². The van der Waals surface area contributed by atoms with Gasteiger partial charge >= 0.3 is 0 Å². The summed E-state index contributed by atoms with van der Waals surface area (Å²) in [5.74, 6) is 0.0181. The Morgan fingerprint density at radius 1 is 1.21 bits per heavy atom. The molecule has 0 aliphatic carbocycles. The molecule has 2 unspecified atom stereocenters. The Morgan fingerprint density at radius 2 is 1.97 bits per heavy atom. The average molecular weight is 518 g/mol. The maximum atomic E-state index is 13.1. The fraction of sp³-hybridized carbons (Fsp3) is 0.400. The molecule has 0 aromatic carbocycles. The molecule has 4 aromatic heterocycles. The number of H-pyrrole nitrogens is 1. The highest BCUT2D eigenvalue weighted by molar-refractivity contribution is 6.00. The first-order valence-corrected chi connectivity index (χ1v) is 12.5. The third-order valence-corrected chi connectivity index (χ3v) is 7.65. The Labute approximate surface area is 216 Å². The maximum absolute atomic E-state index is 13.1. The van der Waals surface area contributed by atoms with Crippen LogP contribution in [0.1, 0.15) is 77.0 Å². The molecule has 0 saturated carbocycles. The standard InChI is InChI=1S/C25H27N9O4/c1-12(36)20-21(14-6-15-3-4-16(7-14)33(15)25(38)23-28-11-29-32-23)31-24-17(9-30-34(24)22(20)26)13-2-5-18(27-8-13)19(37)10-35/h2,5,8-9,11,14-16,19,35,37H,3-4,6-7,10,26H2,1H3,(H,28,29,32)/t14?,15-,16+,19?. The molecule has 1 amide bonds. The van der Waals surface area contributed by atoms with E-state index in [4.69, 9.17) is 10.7 Å². The smallest absolute Gasteiger partial charge is 0.292 e. The Hall–Kier alpha value is -4.23. The number of carbonyl (C=O) groups is 2. The van der Waals surface area contributed by atoms with Gasteiger partial charge in [0, 0.05) is 35.3 Å². The highest BCUT2D eigenvalue weighted by Crippen LogP contribution is 2.45. The number of nitrogens with zero attached hydrogens (tertiary/aromatic N) is 7. The molecule has 6 rings (SSSR count). The van der Waals surface area contributed by atoms with Crippen LogP contribution in [0.2, 0.25) is 0 Å². The summed E-state index contributed by atoms with van der Waals surface area (Å²) in [6.45, 7) is 1.04. The van der Waals surface area contributed by atoms with E-state index in [-0.39, 0.29) is 41.3 Å². The summed E-state index contributed by atoms with van der Waals surface area (Å²) >= 11 is 0. The lowest BCUT2D eigenvalue weighted by atomic mass is 9.85. The number of Topliss-reactive ketones (excluding diaryl/α,β-unsaturated/α-hetero) is 1. The predicted molar refractivity (Wildman–Crippen MR) is 134 cm³/mol. The fourth-order valence-corrected chi connectivity index (χ4v) is 5.91. The topological polar surface area (TPSA) is 189 Å². The van der Waals surface area contributed by atoms with Crippen LogP contribution in [0, 0.1) is 0 Å². The molecule has 2 aliphatic heterocycles. The molecular weight excluding hydrogens is 490 g/mol. The van der Waals surface area contributed by atoms with Crippen LogP contribution in [0.15, 0.2) is 30.9 Å². The number of pyridine rings is 1. The van der Waals surface area contributed by atoms with Crippen molar-refractivity contribution < 1.29 is 19.8 Å². The van der Waals surface area contributed by atoms with E-state index < -0.39 is 12.7 Å². The van der Waals surface area contributed by atoms with Gasteiger partial charge in [0.1, 0.15) is 18.2 Å². The van der Waals surface area contributed by atoms with Gasteiger partial charge in [-0.3, -0.25) is 14.6 Å². The maximum Gasteiger partial charge on any atom is 0.292 e. The van der Waals surface area contributed by atoms with Crippen molar-refractivity contribution in [3.8, 4) is 11.1 Å². The van der Waals surface area contributed by atoms with Crippen molar-refractivity contribution in [1.29, 1.82) is 0 Å². The quantitative estimate of drug-likeness (QED) is 0.271. The van der Waals surface area contributed by atoms with Crippen molar-refractivity contribution in [2.75, 3.05) is 12.3 Å². The van der Waals surface area contributed by atoms with Crippen molar-refractivity contribution in [2.45, 2.75) is 56.7 Å². The number of rotatable bonds is 6. The first kappa shape index (κ1) is 24.1. The molecule has 4 atom stereocenters. The molecule has 13 heteroatoms. The van der Waals surface area contributed by atoms with Gasteiger partial charge in [0.05, 0.1) is 29.8 Å². The van der Waals surface area contributed by atoms with E-state index in [1.54, 1.807) is 24.5 Å². The fourth-order valence-electron chi connectivity index (χ4n) is 5.91. The lowest BCUT2D eigenvalue weighted by molar-refractivity contribution is 0.0556. The number of fused-ring (bicyclic) bond motifs is 3. The van der Waals surface area contributed by atoms with Crippen LogP contribution in [-0.4, -0.2) is 80.3 Å². The van der Waals surface area contributed by atoms with E-state index in [0.717, 1.165) is 12.8 Å². The SMILES string of the molecule is CC(=O)c1c(C2C[C@H]3CC[C@@H](C2)N3C(=O)c2nnc[nH]2)nc2c(-c3ccc(C(O)CO)nc3)cnn2c1N. The Morgan fingerprint density at radius 3 is 2.58 bits per heavy atom. The van der Waals surface area contributed by atoms with Crippen LogP contribution >= 0.6 is 0 Å². The van der Waals surface area contributed by atoms with Gasteiger partial charge in [-0.25, -0.2) is 4.98 Å². The van der Waals surface area contributed by atoms with Crippen molar-refractivity contribution in [2.24, 2.45) is 0 Å². The van der Waals surface area contributed by atoms with Crippen LogP contribution < -0.4 is 5.73 Å². The molecular formula is C25H27N9O4. The number of amides is 1. The van der Waals surface area contributed by atoms with Gasteiger partial charge in [0.15, 0.2) is 11.4 Å². The first-order chi connectivity index (χ1) is 18.4. The van der Waals surface area contributed by atoms with E-state index in [1.165, 1.54) is 17.8 Å². The first-order valence-electron chi connectivity index (χ1n) is 12.5. The number of carbonyl (C=O) groups excluding carboxylic acids is 2. The molecule has 2 saturated heterocycles. The second-order valence-corrected chi connectivity index (χ2v) is 9.88. The summed E-state index contributed by atoms with van der Waals surface area (Å²) in [4.78, 5) is 39.8. The summed E-state index contributed by atoms with van der Waals surface area (Å²) in [5, 5.41) is 31.1. The van der Waals surface area contributed by atoms with Gasteiger partial charge < -0.3 is 25.8 Å². The van der Waals surface area contributed by atoms with Crippen LogP contribution in [0.25, 0.3) is 16.8 Å². The monoisotopic (exact) mass is 517 g/mol. The molecule has 38 heavy (non-hydrogen) atoms. The average Bonchev–Trinajstić information content (AvgIpc) is 3.66.